The van der Waals surface area contributed by atoms with Crippen molar-refractivity contribution in [1.82, 2.24) is 15.5 Å². The zero-order valence-electron chi connectivity index (χ0n) is 14.6. The van der Waals surface area contributed by atoms with E-state index >= 15 is 0 Å². The van der Waals surface area contributed by atoms with Gasteiger partial charge in [-0.2, -0.15) is 0 Å². The number of halogens is 1. The highest BCUT2D eigenvalue weighted by molar-refractivity contribution is 6.31. The topological polar surface area (TPSA) is 105 Å². The van der Waals surface area contributed by atoms with E-state index in [0.717, 1.165) is 18.4 Å². The molecule has 2 fully saturated rings. The van der Waals surface area contributed by atoms with Crippen molar-refractivity contribution >= 4 is 35.4 Å². The van der Waals surface area contributed by atoms with Crippen LogP contribution < -0.4 is 10.6 Å². The summed E-state index contributed by atoms with van der Waals surface area (Å²) in [5.41, 5.74) is 0.794. The van der Waals surface area contributed by atoms with Crippen LogP contribution in [0, 0.1) is 5.92 Å². The van der Waals surface area contributed by atoms with Gasteiger partial charge in [0.05, 0.1) is 5.92 Å². The van der Waals surface area contributed by atoms with Crippen LogP contribution in [0.25, 0.3) is 0 Å². The first-order valence-electron chi connectivity index (χ1n) is 8.70. The van der Waals surface area contributed by atoms with Gasteiger partial charge in [-0.05, 0) is 24.5 Å². The Morgan fingerprint density at radius 1 is 1.22 bits per heavy atom. The van der Waals surface area contributed by atoms with Crippen molar-refractivity contribution in [2.75, 3.05) is 13.2 Å². The van der Waals surface area contributed by atoms with Crippen molar-refractivity contribution in [3.63, 3.8) is 0 Å². The number of rotatable bonds is 6. The number of hydrogen-bond acceptors (Lipinski definition) is 5. The number of amides is 4. The van der Waals surface area contributed by atoms with E-state index in [4.69, 9.17) is 16.3 Å². The zero-order valence-corrected chi connectivity index (χ0v) is 15.3. The molecule has 0 unspecified atom stereocenters. The predicted molar refractivity (Wildman–Crippen MR) is 95.6 cm³/mol. The number of hydrogen-bond donors (Lipinski definition) is 2. The average molecular weight is 394 g/mol. The van der Waals surface area contributed by atoms with Gasteiger partial charge in [0.15, 0.2) is 6.61 Å². The standard InChI is InChI=1S/C18H20ClN3O5/c19-14-4-2-1-3-11(14)8-22-9-12(7-16(22)24)17(25)27-10-15(23)21-18(26)20-13-5-6-13/h1-4,12-13H,5-10H2,(H2,20,21,23,26)/t12-/m1/s1. The molecule has 4 amide bonds. The van der Waals surface area contributed by atoms with E-state index in [2.05, 4.69) is 10.6 Å². The maximum absolute atomic E-state index is 12.1. The molecule has 9 heteroatoms. The number of ether oxygens (including phenoxy) is 1. The molecule has 1 heterocycles. The SMILES string of the molecule is O=C(COC(=O)[C@@H]1CC(=O)N(Cc2ccccc2Cl)C1)NC(=O)NC1CC1. The summed E-state index contributed by atoms with van der Waals surface area (Å²) in [5, 5.41) is 5.24. The van der Waals surface area contributed by atoms with Crippen molar-refractivity contribution in [2.24, 2.45) is 5.92 Å². The van der Waals surface area contributed by atoms with Crippen molar-refractivity contribution in [1.29, 1.82) is 0 Å². The maximum Gasteiger partial charge on any atom is 0.321 e. The van der Waals surface area contributed by atoms with Gasteiger partial charge in [0.2, 0.25) is 5.91 Å². The molecule has 1 aromatic carbocycles. The molecule has 1 aliphatic heterocycles. The van der Waals surface area contributed by atoms with Gasteiger partial charge in [0.25, 0.3) is 5.91 Å². The van der Waals surface area contributed by atoms with E-state index in [9.17, 15) is 19.2 Å². The molecule has 1 aliphatic carbocycles. The number of esters is 1. The normalized spacial score (nSPS) is 18.9. The summed E-state index contributed by atoms with van der Waals surface area (Å²) in [6, 6.07) is 6.70. The van der Waals surface area contributed by atoms with Crippen molar-refractivity contribution in [3.05, 3.63) is 34.9 Å². The number of nitrogens with zero attached hydrogens (tertiary/aromatic N) is 1. The molecule has 8 nitrogen and oxygen atoms in total. The Bertz CT molecular complexity index is 765. The van der Waals surface area contributed by atoms with Crippen LogP contribution in [0.4, 0.5) is 4.79 Å². The predicted octanol–water partition coefficient (Wildman–Crippen LogP) is 1.22. The fraction of sp³-hybridized carbons (Fsp3) is 0.444. The number of carbonyl (C=O) groups is 4. The summed E-state index contributed by atoms with van der Waals surface area (Å²) in [4.78, 5) is 48.9. The monoisotopic (exact) mass is 393 g/mol. The molecule has 0 aromatic heterocycles. The summed E-state index contributed by atoms with van der Waals surface area (Å²) >= 11 is 6.10. The van der Waals surface area contributed by atoms with Crippen molar-refractivity contribution < 1.29 is 23.9 Å². The van der Waals surface area contributed by atoms with Crippen LogP contribution in [0.5, 0.6) is 0 Å². The van der Waals surface area contributed by atoms with Gasteiger partial charge < -0.3 is 15.0 Å². The molecule has 0 bridgehead atoms. The fourth-order valence-corrected chi connectivity index (χ4v) is 2.98. The van der Waals surface area contributed by atoms with E-state index in [-0.39, 0.29) is 24.9 Å². The summed E-state index contributed by atoms with van der Waals surface area (Å²) in [6.07, 6.45) is 1.82. The minimum Gasteiger partial charge on any atom is -0.455 e. The molecule has 2 aliphatic rings. The highest BCUT2D eigenvalue weighted by Gasteiger charge is 2.35. The Labute approximate surface area is 161 Å². The third kappa shape index (κ3) is 5.43. The molecular formula is C18H20ClN3O5. The molecule has 3 rings (SSSR count). The third-order valence-electron chi connectivity index (χ3n) is 4.38. The molecule has 1 aromatic rings. The lowest BCUT2D eigenvalue weighted by Gasteiger charge is -2.17. The molecule has 1 saturated heterocycles. The molecule has 0 spiro atoms. The van der Waals surface area contributed by atoms with Gasteiger partial charge in [-0.15, -0.1) is 0 Å². The number of benzene rings is 1. The van der Waals surface area contributed by atoms with Crippen LogP contribution in [0.3, 0.4) is 0 Å². The van der Waals surface area contributed by atoms with E-state index in [0.29, 0.717) is 11.6 Å². The summed E-state index contributed by atoms with van der Waals surface area (Å²) in [5.74, 6) is -2.17. The number of urea groups is 1. The second-order valence-corrected chi connectivity index (χ2v) is 7.08. The Morgan fingerprint density at radius 3 is 2.67 bits per heavy atom. The van der Waals surface area contributed by atoms with Crippen molar-refractivity contribution in [2.45, 2.75) is 31.8 Å². The lowest BCUT2D eigenvalue weighted by atomic mass is 10.1. The van der Waals surface area contributed by atoms with Crippen LogP contribution in [0.2, 0.25) is 5.02 Å². The van der Waals surface area contributed by atoms with Gasteiger partial charge in [-0.25, -0.2) is 4.79 Å². The quantitative estimate of drug-likeness (QED) is 0.707. The van der Waals surface area contributed by atoms with Gasteiger partial charge in [-0.3, -0.25) is 19.7 Å². The van der Waals surface area contributed by atoms with Crippen LogP contribution in [0.1, 0.15) is 24.8 Å². The first-order chi connectivity index (χ1) is 12.9. The Kier molecular flexibility index (Phi) is 5.95. The van der Waals surface area contributed by atoms with E-state index < -0.39 is 30.4 Å². The molecular weight excluding hydrogens is 374 g/mol. The number of imide groups is 1. The zero-order chi connectivity index (χ0) is 19.4. The fourth-order valence-electron chi connectivity index (χ4n) is 2.78. The molecule has 2 N–H and O–H groups in total. The summed E-state index contributed by atoms with van der Waals surface area (Å²) < 4.78 is 4.94. The minimum atomic E-state index is -0.709. The smallest absolute Gasteiger partial charge is 0.321 e. The lowest BCUT2D eigenvalue weighted by molar-refractivity contribution is -0.152. The van der Waals surface area contributed by atoms with Gasteiger partial charge in [0, 0.05) is 30.6 Å². The highest BCUT2D eigenvalue weighted by Crippen LogP contribution is 2.24. The van der Waals surface area contributed by atoms with Crippen LogP contribution in [-0.4, -0.2) is 47.9 Å². The number of likely N-dealkylation sites (tertiary alicyclic amines) is 1. The second-order valence-electron chi connectivity index (χ2n) is 6.67. The molecule has 144 valence electrons. The average Bonchev–Trinajstić information content (AvgIpc) is 3.36. The third-order valence-corrected chi connectivity index (χ3v) is 4.75. The summed E-state index contributed by atoms with van der Waals surface area (Å²) in [6.45, 7) is -0.0527. The van der Waals surface area contributed by atoms with Crippen LogP contribution in [-0.2, 0) is 25.7 Å². The lowest BCUT2D eigenvalue weighted by Crippen LogP contribution is -2.42. The molecule has 1 saturated carbocycles. The maximum atomic E-state index is 12.1. The minimum absolute atomic E-state index is 0.0209. The van der Waals surface area contributed by atoms with E-state index in [1.165, 1.54) is 4.90 Å². The Hall–Kier alpha value is -2.61. The van der Waals surface area contributed by atoms with Crippen LogP contribution >= 0.6 is 11.6 Å². The largest absolute Gasteiger partial charge is 0.455 e. The van der Waals surface area contributed by atoms with Gasteiger partial charge >= 0.3 is 12.0 Å². The first kappa shape index (κ1) is 19.2. The number of carbonyl (C=O) groups excluding carboxylic acids is 4. The van der Waals surface area contributed by atoms with Gasteiger partial charge in [0.1, 0.15) is 0 Å². The van der Waals surface area contributed by atoms with Gasteiger partial charge in [-0.1, -0.05) is 29.8 Å². The molecule has 1 atom stereocenters. The second kappa shape index (κ2) is 8.39. The highest BCUT2D eigenvalue weighted by atomic mass is 35.5. The van der Waals surface area contributed by atoms with E-state index in [1.54, 1.807) is 12.1 Å². The Morgan fingerprint density at radius 2 is 1.96 bits per heavy atom. The molecule has 27 heavy (non-hydrogen) atoms. The summed E-state index contributed by atoms with van der Waals surface area (Å²) in [7, 11) is 0. The number of nitrogens with one attached hydrogen (secondary N) is 2. The first-order valence-corrected chi connectivity index (χ1v) is 9.08. The van der Waals surface area contributed by atoms with E-state index in [1.807, 2.05) is 12.1 Å². The van der Waals surface area contributed by atoms with Crippen molar-refractivity contribution in [3.8, 4) is 0 Å². The molecule has 0 radical (unpaired) electrons. The Balaban J connectivity index is 1.43. The van der Waals surface area contributed by atoms with Crippen LogP contribution in [0.15, 0.2) is 24.3 Å².